The van der Waals surface area contributed by atoms with Gasteiger partial charge in [0.1, 0.15) is 5.01 Å². The van der Waals surface area contributed by atoms with E-state index >= 15 is 0 Å². The summed E-state index contributed by atoms with van der Waals surface area (Å²) in [4.78, 5) is 6.31. The standard InChI is InChI=1S/C17H22N2OS/c1-12-3-5-14(6-4-12)17-19-16(13-7-8-13)15(21-17)11-18-9-10-20-2/h3-6,13,18H,7-11H2,1-2H3. The summed E-state index contributed by atoms with van der Waals surface area (Å²) in [7, 11) is 1.74. The molecule has 0 atom stereocenters. The van der Waals surface area contributed by atoms with Crippen molar-refractivity contribution in [1.82, 2.24) is 10.3 Å². The molecule has 4 heteroatoms. The molecule has 0 saturated heterocycles. The second-order valence-electron chi connectivity index (χ2n) is 5.64. The molecule has 0 unspecified atom stereocenters. The minimum absolute atomic E-state index is 0.694. The first-order valence-corrected chi connectivity index (χ1v) is 8.36. The van der Waals surface area contributed by atoms with Crippen LogP contribution in [0.3, 0.4) is 0 Å². The second kappa shape index (κ2) is 6.69. The molecule has 0 bridgehead atoms. The number of rotatable bonds is 7. The number of nitrogens with one attached hydrogen (secondary N) is 1. The van der Waals surface area contributed by atoms with Crippen molar-refractivity contribution < 1.29 is 4.74 Å². The molecule has 1 aromatic heterocycles. The van der Waals surface area contributed by atoms with E-state index in [9.17, 15) is 0 Å². The van der Waals surface area contributed by atoms with Crippen LogP contribution in [0.15, 0.2) is 24.3 Å². The maximum Gasteiger partial charge on any atom is 0.123 e. The van der Waals surface area contributed by atoms with E-state index in [0.717, 1.165) is 24.7 Å². The minimum atomic E-state index is 0.694. The maximum absolute atomic E-state index is 5.08. The molecule has 1 aliphatic carbocycles. The molecule has 3 nitrogen and oxygen atoms in total. The second-order valence-corrected chi connectivity index (χ2v) is 6.72. The Balaban J connectivity index is 1.77. The fourth-order valence-electron chi connectivity index (χ4n) is 2.36. The van der Waals surface area contributed by atoms with Gasteiger partial charge in [-0.15, -0.1) is 11.3 Å². The van der Waals surface area contributed by atoms with Gasteiger partial charge in [-0.25, -0.2) is 4.98 Å². The van der Waals surface area contributed by atoms with Crippen LogP contribution in [0, 0.1) is 6.92 Å². The Bertz CT molecular complexity index is 587. The number of hydrogen-bond acceptors (Lipinski definition) is 4. The molecule has 1 fully saturated rings. The van der Waals surface area contributed by atoms with Crippen molar-refractivity contribution in [2.45, 2.75) is 32.2 Å². The van der Waals surface area contributed by atoms with Crippen molar-refractivity contribution >= 4 is 11.3 Å². The molecular formula is C17H22N2OS. The molecule has 2 aromatic rings. The maximum atomic E-state index is 5.08. The van der Waals surface area contributed by atoms with Gasteiger partial charge < -0.3 is 10.1 Å². The summed E-state index contributed by atoms with van der Waals surface area (Å²) in [5, 5.41) is 4.60. The first kappa shape index (κ1) is 14.7. The number of aryl methyl sites for hydroxylation is 1. The minimum Gasteiger partial charge on any atom is -0.383 e. The van der Waals surface area contributed by atoms with Gasteiger partial charge in [0.15, 0.2) is 0 Å². The van der Waals surface area contributed by atoms with Crippen LogP contribution in [0.1, 0.15) is 34.9 Å². The predicted molar refractivity (Wildman–Crippen MR) is 87.8 cm³/mol. The first-order valence-electron chi connectivity index (χ1n) is 7.54. The van der Waals surface area contributed by atoms with Crippen LogP contribution in [0.4, 0.5) is 0 Å². The monoisotopic (exact) mass is 302 g/mol. The van der Waals surface area contributed by atoms with Crippen molar-refractivity contribution in [2.75, 3.05) is 20.3 Å². The van der Waals surface area contributed by atoms with E-state index in [1.165, 1.54) is 34.5 Å². The largest absolute Gasteiger partial charge is 0.383 e. The van der Waals surface area contributed by atoms with Crippen molar-refractivity contribution in [3.05, 3.63) is 40.4 Å². The zero-order valence-corrected chi connectivity index (χ0v) is 13.5. The lowest BCUT2D eigenvalue weighted by molar-refractivity contribution is 0.199. The van der Waals surface area contributed by atoms with Gasteiger partial charge in [0, 0.05) is 36.6 Å². The van der Waals surface area contributed by atoms with Gasteiger partial charge in [-0.3, -0.25) is 0 Å². The van der Waals surface area contributed by atoms with Gasteiger partial charge in [0.05, 0.1) is 12.3 Å². The molecule has 1 saturated carbocycles. The van der Waals surface area contributed by atoms with Gasteiger partial charge in [0.25, 0.3) is 0 Å². The van der Waals surface area contributed by atoms with E-state index in [1.807, 2.05) is 11.3 Å². The number of aromatic nitrogens is 1. The molecular weight excluding hydrogens is 280 g/mol. The summed E-state index contributed by atoms with van der Waals surface area (Å²) >= 11 is 1.83. The third-order valence-electron chi connectivity index (χ3n) is 3.76. The molecule has 1 aliphatic rings. The number of benzene rings is 1. The smallest absolute Gasteiger partial charge is 0.123 e. The van der Waals surface area contributed by atoms with Gasteiger partial charge in [-0.2, -0.15) is 0 Å². The summed E-state index contributed by atoms with van der Waals surface area (Å²) in [6, 6.07) is 8.66. The van der Waals surface area contributed by atoms with E-state index in [-0.39, 0.29) is 0 Å². The van der Waals surface area contributed by atoms with Gasteiger partial charge in [-0.1, -0.05) is 29.8 Å². The Morgan fingerprint density at radius 2 is 2.05 bits per heavy atom. The molecule has 0 aliphatic heterocycles. The molecule has 0 spiro atoms. The Labute approximate surface area is 130 Å². The third kappa shape index (κ3) is 3.70. The highest BCUT2D eigenvalue weighted by atomic mass is 32.1. The Hall–Kier alpha value is -1.23. The van der Waals surface area contributed by atoms with Crippen LogP contribution < -0.4 is 5.32 Å². The Kier molecular flexibility index (Phi) is 4.68. The van der Waals surface area contributed by atoms with E-state index in [0.29, 0.717) is 5.92 Å². The number of hydrogen-bond donors (Lipinski definition) is 1. The van der Waals surface area contributed by atoms with Crippen LogP contribution in [-0.4, -0.2) is 25.2 Å². The number of ether oxygens (including phenoxy) is 1. The number of thiazole rings is 1. The van der Waals surface area contributed by atoms with Gasteiger partial charge >= 0.3 is 0 Å². The number of nitrogens with zero attached hydrogens (tertiary/aromatic N) is 1. The van der Waals surface area contributed by atoms with Crippen molar-refractivity contribution in [2.24, 2.45) is 0 Å². The zero-order valence-electron chi connectivity index (χ0n) is 12.7. The molecule has 21 heavy (non-hydrogen) atoms. The van der Waals surface area contributed by atoms with Crippen LogP contribution in [0.5, 0.6) is 0 Å². The molecule has 3 rings (SSSR count). The molecule has 112 valence electrons. The van der Waals surface area contributed by atoms with Crippen molar-refractivity contribution in [1.29, 1.82) is 0 Å². The van der Waals surface area contributed by atoms with E-state index in [4.69, 9.17) is 9.72 Å². The lowest BCUT2D eigenvalue weighted by Gasteiger charge is -2.03. The molecule has 1 aromatic carbocycles. The van der Waals surface area contributed by atoms with Crippen LogP contribution in [0.25, 0.3) is 10.6 Å². The lowest BCUT2D eigenvalue weighted by atomic mass is 10.1. The number of methoxy groups -OCH3 is 1. The summed E-state index contributed by atoms with van der Waals surface area (Å²) in [6.45, 7) is 4.66. The van der Waals surface area contributed by atoms with E-state index in [1.54, 1.807) is 7.11 Å². The fourth-order valence-corrected chi connectivity index (χ4v) is 3.48. The summed E-state index contributed by atoms with van der Waals surface area (Å²) < 4.78 is 5.08. The lowest BCUT2D eigenvalue weighted by Crippen LogP contribution is -2.18. The molecule has 0 amide bonds. The SMILES string of the molecule is COCCNCc1sc(-c2ccc(C)cc2)nc1C1CC1. The van der Waals surface area contributed by atoms with E-state index < -0.39 is 0 Å². The van der Waals surface area contributed by atoms with Crippen LogP contribution >= 0.6 is 11.3 Å². The highest BCUT2D eigenvalue weighted by molar-refractivity contribution is 7.15. The third-order valence-corrected chi connectivity index (χ3v) is 4.88. The normalized spacial score (nSPS) is 14.6. The summed E-state index contributed by atoms with van der Waals surface area (Å²) in [6.07, 6.45) is 2.59. The average molecular weight is 302 g/mol. The van der Waals surface area contributed by atoms with E-state index in [2.05, 4.69) is 36.5 Å². The van der Waals surface area contributed by atoms with Crippen LogP contribution in [0.2, 0.25) is 0 Å². The van der Waals surface area contributed by atoms with Crippen molar-refractivity contribution in [3.63, 3.8) is 0 Å². The molecule has 0 radical (unpaired) electrons. The average Bonchev–Trinajstić information content (AvgIpc) is 3.25. The molecule has 1 N–H and O–H groups in total. The first-order chi connectivity index (χ1) is 10.3. The van der Waals surface area contributed by atoms with Gasteiger partial charge in [0.2, 0.25) is 0 Å². The van der Waals surface area contributed by atoms with Gasteiger partial charge in [-0.05, 0) is 19.8 Å². The zero-order chi connectivity index (χ0) is 14.7. The summed E-state index contributed by atoms with van der Waals surface area (Å²) in [5.41, 5.74) is 3.84. The van der Waals surface area contributed by atoms with Crippen molar-refractivity contribution in [3.8, 4) is 10.6 Å². The topological polar surface area (TPSA) is 34.1 Å². The Morgan fingerprint density at radius 1 is 1.29 bits per heavy atom. The highest BCUT2D eigenvalue weighted by Gasteiger charge is 2.29. The fraction of sp³-hybridized carbons (Fsp3) is 0.471. The highest BCUT2D eigenvalue weighted by Crippen LogP contribution is 2.44. The molecule has 1 heterocycles. The Morgan fingerprint density at radius 3 is 2.71 bits per heavy atom. The summed E-state index contributed by atoms with van der Waals surface area (Å²) in [5.74, 6) is 0.694. The predicted octanol–water partition coefficient (Wildman–Crippen LogP) is 3.73. The van der Waals surface area contributed by atoms with Crippen LogP contribution in [-0.2, 0) is 11.3 Å². The quantitative estimate of drug-likeness (QED) is 0.791.